The second kappa shape index (κ2) is 5.40. The fraction of sp³-hybridized carbons (Fsp3) is 0.0714. The van der Waals surface area contributed by atoms with Crippen molar-refractivity contribution in [2.24, 2.45) is 0 Å². The summed E-state index contributed by atoms with van der Waals surface area (Å²) in [6.45, 7) is 0. The first-order valence-electron chi connectivity index (χ1n) is 5.98. The van der Waals surface area contributed by atoms with E-state index in [-0.39, 0.29) is 0 Å². The fourth-order valence-corrected chi connectivity index (χ4v) is 3.00. The summed E-state index contributed by atoms with van der Waals surface area (Å²) in [5, 5.41) is 0.905. The van der Waals surface area contributed by atoms with Gasteiger partial charge in [-0.2, -0.15) is 0 Å². The van der Waals surface area contributed by atoms with E-state index in [1.165, 1.54) is 0 Å². The lowest BCUT2D eigenvalue weighted by Gasteiger charge is -2.10. The maximum absolute atomic E-state index is 6.09. The second-order valence-electron chi connectivity index (χ2n) is 4.38. The van der Waals surface area contributed by atoms with Gasteiger partial charge >= 0.3 is 0 Å². The van der Waals surface area contributed by atoms with E-state index in [0.29, 0.717) is 21.5 Å². The van der Waals surface area contributed by atoms with Crippen molar-refractivity contribution in [3.63, 3.8) is 0 Å². The number of fused-ring (bicyclic) bond motifs is 1. The molecule has 108 valence electrons. The lowest BCUT2D eigenvalue weighted by molar-refractivity contribution is 0.412. The summed E-state index contributed by atoms with van der Waals surface area (Å²) >= 11 is 15.6. The van der Waals surface area contributed by atoms with Crippen LogP contribution in [0.25, 0.3) is 16.7 Å². The minimum absolute atomic E-state index is 0.361. The van der Waals surface area contributed by atoms with Crippen LogP contribution in [0.5, 0.6) is 5.75 Å². The van der Waals surface area contributed by atoms with Gasteiger partial charge in [0.05, 0.1) is 38.3 Å². The summed E-state index contributed by atoms with van der Waals surface area (Å²) in [6, 6.07) is 9.09. The molecular weight excluding hydrogens is 377 g/mol. The van der Waals surface area contributed by atoms with Crippen LogP contribution in [0.15, 0.2) is 34.8 Å². The van der Waals surface area contributed by atoms with Crippen LogP contribution in [0, 0.1) is 0 Å². The molecule has 0 radical (unpaired) electrons. The van der Waals surface area contributed by atoms with Crippen LogP contribution in [0.4, 0.5) is 5.95 Å². The van der Waals surface area contributed by atoms with E-state index >= 15 is 0 Å². The van der Waals surface area contributed by atoms with Gasteiger partial charge in [0.15, 0.2) is 0 Å². The van der Waals surface area contributed by atoms with E-state index in [4.69, 9.17) is 33.7 Å². The number of benzene rings is 2. The molecule has 0 aliphatic heterocycles. The van der Waals surface area contributed by atoms with Gasteiger partial charge in [-0.25, -0.2) is 4.98 Å². The molecule has 0 aliphatic rings. The van der Waals surface area contributed by atoms with Gasteiger partial charge in [-0.05, 0) is 46.3 Å². The van der Waals surface area contributed by atoms with Gasteiger partial charge < -0.3 is 10.5 Å². The molecule has 2 N–H and O–H groups in total. The first kappa shape index (κ1) is 14.5. The third-order valence-corrected chi connectivity index (χ3v) is 4.46. The van der Waals surface area contributed by atoms with Gasteiger partial charge in [-0.15, -0.1) is 0 Å². The van der Waals surface area contributed by atoms with Crippen molar-refractivity contribution in [2.75, 3.05) is 12.8 Å². The molecule has 0 saturated heterocycles. The minimum atomic E-state index is 0.361. The van der Waals surface area contributed by atoms with Crippen molar-refractivity contribution in [3.8, 4) is 11.4 Å². The average Bonchev–Trinajstić information content (AvgIpc) is 2.74. The largest absolute Gasteiger partial charge is 0.496 e. The molecule has 0 aliphatic carbocycles. The Hall–Kier alpha value is -1.43. The number of nitrogens with zero attached hydrogens (tertiary/aromatic N) is 2. The molecule has 1 heterocycles. The molecule has 0 bridgehead atoms. The fourth-order valence-electron chi connectivity index (χ4n) is 2.16. The SMILES string of the molecule is COc1ccc(-n2c(N)nc3cc(Cl)c(Cl)cc32)cc1Br. The van der Waals surface area contributed by atoms with E-state index in [0.717, 1.165) is 21.4 Å². The zero-order valence-electron chi connectivity index (χ0n) is 10.9. The van der Waals surface area contributed by atoms with Crippen molar-refractivity contribution in [1.29, 1.82) is 0 Å². The van der Waals surface area contributed by atoms with E-state index in [1.54, 1.807) is 19.2 Å². The molecule has 2 aromatic carbocycles. The average molecular weight is 387 g/mol. The quantitative estimate of drug-likeness (QED) is 0.695. The standard InChI is InChI=1S/C14H10BrCl2N3O/c1-21-13-3-2-7(4-8(13)15)20-12-6-10(17)9(16)5-11(12)19-14(20)18/h2-6H,1H3,(H2,18,19). The Balaban J connectivity index is 2.27. The molecule has 0 unspecified atom stereocenters. The molecule has 0 saturated carbocycles. The van der Waals surface area contributed by atoms with Crippen molar-refractivity contribution < 1.29 is 4.74 Å². The van der Waals surface area contributed by atoms with E-state index < -0.39 is 0 Å². The first-order chi connectivity index (χ1) is 10.0. The Labute approximate surface area is 139 Å². The highest BCUT2D eigenvalue weighted by molar-refractivity contribution is 9.10. The van der Waals surface area contributed by atoms with E-state index in [9.17, 15) is 0 Å². The van der Waals surface area contributed by atoms with Crippen LogP contribution in [0.3, 0.4) is 0 Å². The van der Waals surface area contributed by atoms with Gasteiger partial charge in [-0.3, -0.25) is 4.57 Å². The maximum Gasteiger partial charge on any atom is 0.205 e. The highest BCUT2D eigenvalue weighted by Crippen LogP contribution is 2.33. The van der Waals surface area contributed by atoms with Crippen molar-refractivity contribution in [3.05, 3.63) is 44.8 Å². The third-order valence-electron chi connectivity index (χ3n) is 3.12. The van der Waals surface area contributed by atoms with Crippen molar-refractivity contribution >= 4 is 56.1 Å². The molecule has 0 amide bonds. The number of imidazole rings is 1. The van der Waals surface area contributed by atoms with E-state index in [2.05, 4.69) is 20.9 Å². The number of methoxy groups -OCH3 is 1. The smallest absolute Gasteiger partial charge is 0.205 e. The summed E-state index contributed by atoms with van der Waals surface area (Å²) in [6.07, 6.45) is 0. The van der Waals surface area contributed by atoms with Gasteiger partial charge in [-0.1, -0.05) is 23.2 Å². The number of anilines is 1. The predicted octanol–water partition coefficient (Wildman–Crippen LogP) is 4.69. The number of ether oxygens (including phenoxy) is 1. The van der Waals surface area contributed by atoms with Gasteiger partial charge in [0.1, 0.15) is 5.75 Å². The molecule has 3 aromatic rings. The second-order valence-corrected chi connectivity index (χ2v) is 6.05. The lowest BCUT2D eigenvalue weighted by Crippen LogP contribution is -2.01. The summed E-state index contributed by atoms with van der Waals surface area (Å²) in [5.74, 6) is 1.10. The van der Waals surface area contributed by atoms with Gasteiger partial charge in [0.25, 0.3) is 0 Å². The number of nitrogens with two attached hydrogens (primary N) is 1. The zero-order chi connectivity index (χ0) is 15.1. The normalized spacial score (nSPS) is 11.0. The lowest BCUT2D eigenvalue weighted by atomic mass is 10.2. The monoisotopic (exact) mass is 385 g/mol. The molecular formula is C14H10BrCl2N3O. The summed E-state index contributed by atoms with van der Waals surface area (Å²) in [5.41, 5.74) is 8.35. The molecule has 0 atom stereocenters. The van der Waals surface area contributed by atoms with Crippen LogP contribution >= 0.6 is 39.1 Å². The molecule has 1 aromatic heterocycles. The van der Waals surface area contributed by atoms with Gasteiger partial charge in [0, 0.05) is 0 Å². The first-order valence-corrected chi connectivity index (χ1v) is 7.53. The Kier molecular flexibility index (Phi) is 3.73. The number of hydrogen-bond acceptors (Lipinski definition) is 3. The van der Waals surface area contributed by atoms with Gasteiger partial charge in [0.2, 0.25) is 5.95 Å². The summed E-state index contributed by atoms with van der Waals surface area (Å²) < 4.78 is 7.86. The van der Waals surface area contributed by atoms with E-state index in [1.807, 2.05) is 22.8 Å². The highest BCUT2D eigenvalue weighted by Gasteiger charge is 2.13. The third kappa shape index (κ3) is 2.46. The predicted molar refractivity (Wildman–Crippen MR) is 89.8 cm³/mol. The topological polar surface area (TPSA) is 53.1 Å². The van der Waals surface area contributed by atoms with Crippen LogP contribution in [0.2, 0.25) is 10.0 Å². The number of halogens is 3. The molecule has 0 fully saturated rings. The van der Waals surface area contributed by atoms with Crippen LogP contribution in [0.1, 0.15) is 0 Å². The van der Waals surface area contributed by atoms with Crippen LogP contribution in [-0.4, -0.2) is 16.7 Å². The minimum Gasteiger partial charge on any atom is -0.496 e. The molecule has 21 heavy (non-hydrogen) atoms. The van der Waals surface area contributed by atoms with Crippen molar-refractivity contribution in [2.45, 2.75) is 0 Å². The maximum atomic E-state index is 6.09. The zero-order valence-corrected chi connectivity index (χ0v) is 14.0. The Morgan fingerprint density at radius 1 is 1.19 bits per heavy atom. The van der Waals surface area contributed by atoms with Crippen molar-refractivity contribution in [1.82, 2.24) is 9.55 Å². The summed E-state index contributed by atoms with van der Waals surface area (Å²) in [4.78, 5) is 4.31. The van der Waals surface area contributed by atoms with Crippen LogP contribution in [-0.2, 0) is 0 Å². The molecule has 7 heteroatoms. The molecule has 4 nitrogen and oxygen atoms in total. The number of nitrogen functional groups attached to an aromatic ring is 1. The number of hydrogen-bond donors (Lipinski definition) is 1. The summed E-state index contributed by atoms with van der Waals surface area (Å²) in [7, 11) is 1.61. The number of aromatic nitrogens is 2. The molecule has 0 spiro atoms. The highest BCUT2D eigenvalue weighted by atomic mass is 79.9. The Bertz CT molecular complexity index is 848. The Morgan fingerprint density at radius 2 is 1.90 bits per heavy atom. The Morgan fingerprint density at radius 3 is 2.57 bits per heavy atom. The van der Waals surface area contributed by atoms with Crippen LogP contribution < -0.4 is 10.5 Å². The molecule has 3 rings (SSSR count). The number of rotatable bonds is 2.